The number of rotatable bonds is 0. The SMILES string of the molecule is CC(C)(C)N1CC2CCCCCCCC2C1. The molecule has 0 spiro atoms. The Hall–Kier alpha value is -0.0400. The van der Waals surface area contributed by atoms with E-state index in [1.165, 1.54) is 58.0 Å². The molecule has 1 saturated carbocycles. The summed E-state index contributed by atoms with van der Waals surface area (Å²) in [6.07, 6.45) is 10.4. The van der Waals surface area contributed by atoms with Crippen LogP contribution in [-0.4, -0.2) is 23.5 Å². The van der Waals surface area contributed by atoms with E-state index in [0.717, 1.165) is 11.8 Å². The molecule has 2 fully saturated rings. The van der Waals surface area contributed by atoms with Crippen LogP contribution in [0.3, 0.4) is 0 Å². The van der Waals surface area contributed by atoms with Crippen molar-refractivity contribution in [2.24, 2.45) is 11.8 Å². The fraction of sp³-hybridized carbons (Fsp3) is 1.00. The summed E-state index contributed by atoms with van der Waals surface area (Å²) in [5.74, 6) is 2.02. The van der Waals surface area contributed by atoms with Crippen LogP contribution >= 0.6 is 0 Å². The average Bonchev–Trinajstić information content (AvgIpc) is 2.60. The minimum absolute atomic E-state index is 0.386. The molecule has 1 nitrogen and oxygen atoms in total. The van der Waals surface area contributed by atoms with Crippen molar-refractivity contribution in [1.29, 1.82) is 0 Å². The van der Waals surface area contributed by atoms with Crippen LogP contribution in [0.4, 0.5) is 0 Å². The van der Waals surface area contributed by atoms with Gasteiger partial charge in [-0.3, -0.25) is 4.90 Å². The summed E-state index contributed by atoms with van der Waals surface area (Å²) >= 11 is 0. The van der Waals surface area contributed by atoms with Gasteiger partial charge in [-0.25, -0.2) is 0 Å². The maximum absolute atomic E-state index is 2.73. The highest BCUT2D eigenvalue weighted by Gasteiger charge is 2.36. The summed E-state index contributed by atoms with van der Waals surface area (Å²) in [6.45, 7) is 9.86. The Morgan fingerprint density at radius 3 is 1.62 bits per heavy atom. The number of hydrogen-bond acceptors (Lipinski definition) is 1. The fourth-order valence-electron chi connectivity index (χ4n) is 3.48. The van der Waals surface area contributed by atoms with Gasteiger partial charge in [-0.2, -0.15) is 0 Å². The second kappa shape index (κ2) is 5.08. The van der Waals surface area contributed by atoms with Crippen molar-refractivity contribution >= 4 is 0 Å². The predicted octanol–water partition coefficient (Wildman–Crippen LogP) is 4.08. The third-order valence-corrected chi connectivity index (χ3v) is 4.67. The Bertz CT molecular complexity index is 200. The Kier molecular flexibility index (Phi) is 3.94. The molecule has 2 rings (SSSR count). The monoisotopic (exact) mass is 223 g/mol. The van der Waals surface area contributed by atoms with Crippen LogP contribution in [0.1, 0.15) is 65.7 Å². The van der Waals surface area contributed by atoms with Crippen molar-refractivity contribution in [1.82, 2.24) is 4.90 Å². The molecule has 1 heterocycles. The van der Waals surface area contributed by atoms with Gasteiger partial charge in [0.2, 0.25) is 0 Å². The molecule has 1 saturated heterocycles. The lowest BCUT2D eigenvalue weighted by Gasteiger charge is -2.32. The lowest BCUT2D eigenvalue weighted by Crippen LogP contribution is -2.39. The van der Waals surface area contributed by atoms with Gasteiger partial charge in [0.1, 0.15) is 0 Å². The van der Waals surface area contributed by atoms with Crippen LogP contribution in [0.15, 0.2) is 0 Å². The van der Waals surface area contributed by atoms with E-state index in [1.807, 2.05) is 0 Å². The lowest BCUT2D eigenvalue weighted by molar-refractivity contribution is 0.163. The van der Waals surface area contributed by atoms with Crippen molar-refractivity contribution in [3.8, 4) is 0 Å². The second-order valence-corrected chi connectivity index (χ2v) is 6.94. The third-order valence-electron chi connectivity index (χ3n) is 4.67. The molecule has 2 unspecified atom stereocenters. The summed E-state index contributed by atoms with van der Waals surface area (Å²) in [7, 11) is 0. The molecule has 0 aromatic rings. The second-order valence-electron chi connectivity index (χ2n) is 6.94. The summed E-state index contributed by atoms with van der Waals surface area (Å²) in [5, 5.41) is 0. The summed E-state index contributed by atoms with van der Waals surface area (Å²) < 4.78 is 0. The molecule has 0 bridgehead atoms. The van der Waals surface area contributed by atoms with Crippen molar-refractivity contribution in [3.05, 3.63) is 0 Å². The number of likely N-dealkylation sites (tertiary alicyclic amines) is 1. The maximum atomic E-state index is 2.73. The van der Waals surface area contributed by atoms with Gasteiger partial charge in [0.15, 0.2) is 0 Å². The highest BCUT2D eigenvalue weighted by Crippen LogP contribution is 2.36. The smallest absolute Gasteiger partial charge is 0.0125 e. The molecule has 0 amide bonds. The van der Waals surface area contributed by atoms with Gasteiger partial charge < -0.3 is 0 Å². The number of hydrogen-bond donors (Lipinski definition) is 0. The van der Waals surface area contributed by atoms with Crippen molar-refractivity contribution in [3.63, 3.8) is 0 Å². The predicted molar refractivity (Wildman–Crippen MR) is 70.6 cm³/mol. The van der Waals surface area contributed by atoms with Gasteiger partial charge in [0, 0.05) is 18.6 Å². The lowest BCUT2D eigenvalue weighted by atomic mass is 9.89. The summed E-state index contributed by atoms with van der Waals surface area (Å²) in [4.78, 5) is 2.73. The largest absolute Gasteiger partial charge is 0.298 e. The Morgan fingerprint density at radius 1 is 0.750 bits per heavy atom. The van der Waals surface area contributed by atoms with E-state index < -0.39 is 0 Å². The molecular formula is C15H29N. The molecule has 2 atom stereocenters. The van der Waals surface area contributed by atoms with E-state index in [2.05, 4.69) is 25.7 Å². The number of nitrogens with zero attached hydrogens (tertiary/aromatic N) is 1. The summed E-state index contributed by atoms with van der Waals surface area (Å²) in [5.41, 5.74) is 0.386. The van der Waals surface area contributed by atoms with Crippen LogP contribution in [0, 0.1) is 11.8 Å². The van der Waals surface area contributed by atoms with Gasteiger partial charge in [-0.05, 0) is 45.4 Å². The summed E-state index contributed by atoms with van der Waals surface area (Å²) in [6, 6.07) is 0. The maximum Gasteiger partial charge on any atom is 0.0125 e. The first-order valence-corrected chi connectivity index (χ1v) is 7.32. The Labute approximate surface area is 102 Å². The quantitative estimate of drug-likeness (QED) is 0.598. The highest BCUT2D eigenvalue weighted by atomic mass is 15.2. The topological polar surface area (TPSA) is 3.24 Å². The van der Waals surface area contributed by atoms with Crippen LogP contribution in [0.25, 0.3) is 0 Å². The Morgan fingerprint density at radius 2 is 1.19 bits per heavy atom. The van der Waals surface area contributed by atoms with E-state index in [4.69, 9.17) is 0 Å². The van der Waals surface area contributed by atoms with E-state index in [-0.39, 0.29) is 0 Å². The van der Waals surface area contributed by atoms with Crippen LogP contribution in [-0.2, 0) is 0 Å². The molecule has 0 aromatic heterocycles. The molecule has 1 aliphatic carbocycles. The van der Waals surface area contributed by atoms with Gasteiger partial charge in [-0.1, -0.05) is 32.1 Å². The van der Waals surface area contributed by atoms with Crippen LogP contribution in [0.2, 0.25) is 0 Å². The number of fused-ring (bicyclic) bond motifs is 1. The highest BCUT2D eigenvalue weighted by molar-refractivity contribution is 4.90. The van der Waals surface area contributed by atoms with E-state index in [1.54, 1.807) is 0 Å². The molecule has 1 aliphatic heterocycles. The van der Waals surface area contributed by atoms with Crippen molar-refractivity contribution in [2.45, 2.75) is 71.3 Å². The zero-order valence-corrected chi connectivity index (χ0v) is 11.5. The fourth-order valence-corrected chi connectivity index (χ4v) is 3.48. The molecule has 0 N–H and O–H groups in total. The molecule has 0 radical (unpaired) electrons. The molecule has 2 aliphatic rings. The minimum atomic E-state index is 0.386. The molecule has 94 valence electrons. The average molecular weight is 223 g/mol. The van der Waals surface area contributed by atoms with E-state index in [9.17, 15) is 0 Å². The van der Waals surface area contributed by atoms with Crippen LogP contribution < -0.4 is 0 Å². The normalized spacial score (nSPS) is 33.9. The van der Waals surface area contributed by atoms with Crippen molar-refractivity contribution in [2.75, 3.05) is 13.1 Å². The Balaban J connectivity index is 1.96. The minimum Gasteiger partial charge on any atom is -0.298 e. The molecular weight excluding hydrogens is 194 g/mol. The zero-order chi connectivity index (χ0) is 11.6. The first-order valence-electron chi connectivity index (χ1n) is 7.32. The standard InChI is InChI=1S/C15H29N/c1-15(2,3)16-11-13-9-7-5-4-6-8-10-14(13)12-16/h13-14H,4-12H2,1-3H3. The van der Waals surface area contributed by atoms with Gasteiger partial charge >= 0.3 is 0 Å². The van der Waals surface area contributed by atoms with Gasteiger partial charge in [-0.15, -0.1) is 0 Å². The van der Waals surface area contributed by atoms with Crippen LogP contribution in [0.5, 0.6) is 0 Å². The van der Waals surface area contributed by atoms with Gasteiger partial charge in [0.25, 0.3) is 0 Å². The third kappa shape index (κ3) is 3.00. The molecule has 0 aromatic carbocycles. The molecule has 16 heavy (non-hydrogen) atoms. The zero-order valence-electron chi connectivity index (χ0n) is 11.5. The van der Waals surface area contributed by atoms with Crippen molar-refractivity contribution < 1.29 is 0 Å². The first-order chi connectivity index (χ1) is 7.57. The first kappa shape index (κ1) is 12.4. The van der Waals surface area contributed by atoms with Gasteiger partial charge in [0.05, 0.1) is 0 Å². The molecule has 1 heteroatoms. The van der Waals surface area contributed by atoms with E-state index in [0.29, 0.717) is 5.54 Å². The van der Waals surface area contributed by atoms with E-state index >= 15 is 0 Å².